The molecule has 7 heteroatoms. The monoisotopic (exact) mass is 369 g/mol. The van der Waals surface area contributed by atoms with Gasteiger partial charge in [-0.1, -0.05) is 36.7 Å². The molecule has 0 saturated heterocycles. The molecule has 1 atom stereocenters. The minimum Gasteiger partial charge on any atom is -0.294 e. The molecule has 1 N–H and O–H groups in total. The van der Waals surface area contributed by atoms with E-state index in [1.165, 1.54) is 10.8 Å². The number of aromatic amines is 1. The maximum absolute atomic E-state index is 12.5. The molecule has 1 aliphatic rings. The summed E-state index contributed by atoms with van der Waals surface area (Å²) in [5.74, 6) is 0.125. The fourth-order valence-corrected chi connectivity index (χ4v) is 3.74. The summed E-state index contributed by atoms with van der Waals surface area (Å²) < 4.78 is 1.39. The van der Waals surface area contributed by atoms with Crippen LogP contribution in [0, 0.1) is 5.92 Å². The maximum atomic E-state index is 12.5. The highest BCUT2D eigenvalue weighted by molar-refractivity contribution is 6.31. The van der Waals surface area contributed by atoms with Crippen LogP contribution in [0.2, 0.25) is 5.02 Å². The molecule has 6 nitrogen and oxygen atoms in total. The number of nitrogens with one attached hydrogen (secondary N) is 1. The largest absolute Gasteiger partial charge is 0.330 e. The van der Waals surface area contributed by atoms with Crippen molar-refractivity contribution in [3.05, 3.63) is 73.0 Å². The normalized spacial score (nSPS) is 16.7. The third kappa shape index (κ3) is 2.66. The van der Waals surface area contributed by atoms with Gasteiger partial charge < -0.3 is 0 Å². The van der Waals surface area contributed by atoms with Crippen LogP contribution in [0.1, 0.15) is 34.8 Å². The van der Waals surface area contributed by atoms with E-state index in [-0.39, 0.29) is 23.9 Å². The lowest BCUT2D eigenvalue weighted by Gasteiger charge is -2.21. The topological polar surface area (TPSA) is 84.8 Å². The van der Waals surface area contributed by atoms with Crippen molar-refractivity contribution in [2.75, 3.05) is 0 Å². The molecule has 0 unspecified atom stereocenters. The SMILES string of the molecule is C[C@H]1CC(=O)c2cnc3c(c2C1)c(=O)[nH]c(=O)n3Cc1ccccc1Cl. The number of H-pyrrole nitrogens is 1. The number of nitrogens with zero attached hydrogens (tertiary/aromatic N) is 2. The van der Waals surface area contributed by atoms with E-state index in [0.717, 1.165) is 5.56 Å². The fourth-order valence-electron chi connectivity index (χ4n) is 3.55. The summed E-state index contributed by atoms with van der Waals surface area (Å²) in [5, 5.41) is 0.842. The summed E-state index contributed by atoms with van der Waals surface area (Å²) in [6, 6.07) is 7.19. The molecule has 4 rings (SSSR count). The van der Waals surface area contributed by atoms with Crippen LogP contribution < -0.4 is 11.2 Å². The van der Waals surface area contributed by atoms with Gasteiger partial charge in [0.25, 0.3) is 5.56 Å². The van der Waals surface area contributed by atoms with Crippen LogP contribution in [0.3, 0.4) is 0 Å². The first kappa shape index (κ1) is 16.7. The number of pyridine rings is 1. The van der Waals surface area contributed by atoms with Crippen LogP contribution in [-0.4, -0.2) is 20.3 Å². The van der Waals surface area contributed by atoms with Gasteiger partial charge in [0.15, 0.2) is 5.78 Å². The highest BCUT2D eigenvalue weighted by Crippen LogP contribution is 2.28. The fraction of sp³-hybridized carbons (Fsp3) is 0.263. The molecule has 0 aliphatic heterocycles. The van der Waals surface area contributed by atoms with E-state index >= 15 is 0 Å². The number of carbonyl (C=O) groups excluding carboxylic acids is 1. The van der Waals surface area contributed by atoms with Gasteiger partial charge in [0.2, 0.25) is 0 Å². The minimum atomic E-state index is -0.551. The summed E-state index contributed by atoms with van der Waals surface area (Å²) in [5.41, 5.74) is 1.11. The van der Waals surface area contributed by atoms with Crippen LogP contribution in [0.25, 0.3) is 11.0 Å². The van der Waals surface area contributed by atoms with Gasteiger partial charge in [-0.2, -0.15) is 0 Å². The molecule has 26 heavy (non-hydrogen) atoms. The van der Waals surface area contributed by atoms with Crippen LogP contribution >= 0.6 is 11.6 Å². The second-order valence-electron chi connectivity index (χ2n) is 6.72. The Morgan fingerprint density at radius 1 is 1.23 bits per heavy atom. The van der Waals surface area contributed by atoms with Crippen LogP contribution in [0.15, 0.2) is 40.1 Å². The molecule has 0 spiro atoms. The Bertz CT molecular complexity index is 1160. The lowest BCUT2D eigenvalue weighted by Crippen LogP contribution is -2.33. The summed E-state index contributed by atoms with van der Waals surface area (Å²) in [7, 11) is 0. The van der Waals surface area contributed by atoms with E-state index in [1.54, 1.807) is 12.1 Å². The second-order valence-corrected chi connectivity index (χ2v) is 7.13. The van der Waals surface area contributed by atoms with Crippen molar-refractivity contribution in [1.29, 1.82) is 0 Å². The number of hydrogen-bond acceptors (Lipinski definition) is 4. The van der Waals surface area contributed by atoms with Crippen molar-refractivity contribution >= 4 is 28.4 Å². The van der Waals surface area contributed by atoms with E-state index < -0.39 is 11.2 Å². The van der Waals surface area contributed by atoms with Gasteiger partial charge in [0, 0.05) is 23.2 Å². The molecule has 0 amide bonds. The number of aromatic nitrogens is 3. The molecule has 2 aromatic heterocycles. The molecular formula is C19H16ClN3O3. The number of hydrogen-bond donors (Lipinski definition) is 1. The summed E-state index contributed by atoms with van der Waals surface area (Å²) >= 11 is 6.21. The quantitative estimate of drug-likeness (QED) is 0.752. The Kier molecular flexibility index (Phi) is 4.00. The number of halogens is 1. The smallest absolute Gasteiger partial charge is 0.294 e. The van der Waals surface area contributed by atoms with Gasteiger partial charge in [-0.25, -0.2) is 9.78 Å². The predicted molar refractivity (Wildman–Crippen MR) is 99.0 cm³/mol. The number of carbonyl (C=O) groups is 1. The van der Waals surface area contributed by atoms with Crippen molar-refractivity contribution in [2.45, 2.75) is 26.3 Å². The van der Waals surface area contributed by atoms with Gasteiger partial charge >= 0.3 is 5.69 Å². The molecule has 2 heterocycles. The van der Waals surface area contributed by atoms with Gasteiger partial charge in [0.1, 0.15) is 5.65 Å². The number of ketones is 1. The average Bonchev–Trinajstić information content (AvgIpc) is 2.59. The highest BCUT2D eigenvalue weighted by Gasteiger charge is 2.27. The standard InChI is InChI=1S/C19H16ClN3O3/c1-10-6-12-13(15(24)7-10)8-21-17-16(12)18(25)22-19(26)23(17)9-11-4-2-3-5-14(11)20/h2-5,8,10H,6-7,9H2,1H3,(H,22,25,26)/t10-/m1/s1. The first-order valence-corrected chi connectivity index (χ1v) is 8.75. The molecule has 0 fully saturated rings. The molecule has 0 saturated carbocycles. The van der Waals surface area contributed by atoms with Crippen molar-refractivity contribution in [2.24, 2.45) is 5.92 Å². The van der Waals surface area contributed by atoms with Crippen LogP contribution in [-0.2, 0) is 13.0 Å². The van der Waals surface area contributed by atoms with E-state index in [0.29, 0.717) is 34.4 Å². The minimum absolute atomic E-state index is 0.0172. The predicted octanol–water partition coefficient (Wildman–Crippen LogP) is 2.55. The van der Waals surface area contributed by atoms with Gasteiger partial charge in [-0.3, -0.25) is 19.1 Å². The Morgan fingerprint density at radius 2 is 2.00 bits per heavy atom. The van der Waals surface area contributed by atoms with Crippen molar-refractivity contribution < 1.29 is 4.79 Å². The highest BCUT2D eigenvalue weighted by atomic mass is 35.5. The Labute approximate surface area is 153 Å². The number of Topliss-reactive ketones (excluding diaryl/α,β-unsaturated/α-hetero) is 1. The summed E-state index contributed by atoms with van der Waals surface area (Å²) in [6.45, 7) is 2.15. The Morgan fingerprint density at radius 3 is 2.77 bits per heavy atom. The van der Waals surface area contributed by atoms with Crippen LogP contribution in [0.4, 0.5) is 0 Å². The summed E-state index contributed by atoms with van der Waals surface area (Å²) in [6.07, 6.45) is 2.53. The Hall–Kier alpha value is -2.73. The van der Waals surface area contributed by atoms with Gasteiger partial charge in [-0.15, -0.1) is 0 Å². The van der Waals surface area contributed by atoms with Gasteiger partial charge in [0.05, 0.1) is 11.9 Å². The molecular weight excluding hydrogens is 354 g/mol. The van der Waals surface area contributed by atoms with Crippen molar-refractivity contribution in [3.63, 3.8) is 0 Å². The Balaban J connectivity index is 2.00. The molecule has 0 bridgehead atoms. The second kappa shape index (κ2) is 6.21. The zero-order valence-corrected chi connectivity index (χ0v) is 14.8. The third-order valence-corrected chi connectivity index (χ3v) is 5.16. The summed E-state index contributed by atoms with van der Waals surface area (Å²) in [4.78, 5) is 43.9. The first-order valence-electron chi connectivity index (χ1n) is 8.37. The number of fused-ring (bicyclic) bond motifs is 3. The molecule has 1 aliphatic carbocycles. The average molecular weight is 370 g/mol. The zero-order chi connectivity index (χ0) is 18.4. The molecule has 3 aromatic rings. The number of benzene rings is 1. The van der Waals surface area contributed by atoms with E-state index in [9.17, 15) is 14.4 Å². The van der Waals surface area contributed by atoms with Crippen molar-refractivity contribution in [3.8, 4) is 0 Å². The van der Waals surface area contributed by atoms with Crippen LogP contribution in [0.5, 0.6) is 0 Å². The molecule has 1 aromatic carbocycles. The van der Waals surface area contributed by atoms with E-state index in [1.807, 2.05) is 19.1 Å². The van der Waals surface area contributed by atoms with Gasteiger partial charge in [-0.05, 0) is 29.5 Å². The molecule has 132 valence electrons. The van der Waals surface area contributed by atoms with E-state index in [2.05, 4.69) is 9.97 Å². The lowest BCUT2D eigenvalue weighted by atomic mass is 9.84. The number of rotatable bonds is 2. The van der Waals surface area contributed by atoms with E-state index in [4.69, 9.17) is 11.6 Å². The maximum Gasteiger partial charge on any atom is 0.330 e. The lowest BCUT2D eigenvalue weighted by molar-refractivity contribution is 0.0953. The first-order chi connectivity index (χ1) is 12.5. The molecule has 0 radical (unpaired) electrons. The van der Waals surface area contributed by atoms with Crippen molar-refractivity contribution in [1.82, 2.24) is 14.5 Å². The third-order valence-electron chi connectivity index (χ3n) is 4.79. The zero-order valence-electron chi connectivity index (χ0n) is 14.1.